The van der Waals surface area contributed by atoms with Gasteiger partial charge in [-0.1, -0.05) is 84.0 Å². The van der Waals surface area contributed by atoms with Crippen LogP contribution in [0.4, 0.5) is 0 Å². The molecule has 4 rings (SSSR count). The van der Waals surface area contributed by atoms with Crippen LogP contribution in [0, 0.1) is 0 Å². The molecule has 164 valence electrons. The molecule has 0 saturated carbocycles. The Bertz CT molecular complexity index is 1050. The van der Waals surface area contributed by atoms with Gasteiger partial charge in [0.25, 0.3) is 5.89 Å². The highest BCUT2D eigenvalue weighted by atomic mass is 16.5. The van der Waals surface area contributed by atoms with Crippen molar-refractivity contribution in [3.8, 4) is 5.75 Å². The minimum Gasteiger partial charge on any atom is -0.493 e. The lowest BCUT2D eigenvalue weighted by molar-refractivity contribution is -0.895. The first-order valence-electron chi connectivity index (χ1n) is 10.8. The predicted molar refractivity (Wildman–Crippen MR) is 121 cm³/mol. The molecule has 2 N–H and O–H groups in total. The summed E-state index contributed by atoms with van der Waals surface area (Å²) in [7, 11) is 2.08. The van der Waals surface area contributed by atoms with Gasteiger partial charge in [-0.25, -0.2) is 0 Å². The third-order valence-corrected chi connectivity index (χ3v) is 5.39. The minimum absolute atomic E-state index is 0.241. The Morgan fingerprint density at radius 2 is 1.44 bits per heavy atom. The Hall–Kier alpha value is -3.48. The quantitative estimate of drug-likeness (QED) is 0.379. The van der Waals surface area contributed by atoms with Crippen LogP contribution in [0.2, 0.25) is 0 Å². The van der Waals surface area contributed by atoms with Gasteiger partial charge in [0.2, 0.25) is 5.82 Å². The summed E-state index contributed by atoms with van der Waals surface area (Å²) >= 11 is 0. The lowest BCUT2D eigenvalue weighted by Gasteiger charge is -2.25. The van der Waals surface area contributed by atoms with E-state index in [2.05, 4.69) is 17.2 Å². The molecule has 0 aliphatic rings. The van der Waals surface area contributed by atoms with Crippen molar-refractivity contribution in [2.75, 3.05) is 20.2 Å². The molecule has 3 aromatic carbocycles. The Morgan fingerprint density at radius 3 is 2.03 bits per heavy atom. The number of benzene rings is 3. The molecule has 6 heteroatoms. The number of ether oxygens (including phenoxy) is 1. The Labute approximate surface area is 188 Å². The van der Waals surface area contributed by atoms with Crippen LogP contribution in [0.25, 0.3) is 0 Å². The standard InChI is InChI=1S/C26H27N3O3/c1-29(18-11-19-31-23-16-9-4-10-17-23)20-24-27-25(28-32-24)26(30,21-12-5-2-6-13-21)22-14-7-3-8-15-22/h2-10,12-17,30H,11,18-20H2,1H3/p+1. The fourth-order valence-electron chi connectivity index (χ4n) is 3.68. The van der Waals surface area contributed by atoms with Crippen LogP contribution in [0.1, 0.15) is 29.3 Å². The Morgan fingerprint density at radius 1 is 0.875 bits per heavy atom. The molecule has 0 bridgehead atoms. The van der Waals surface area contributed by atoms with Crippen LogP contribution >= 0.6 is 0 Å². The molecule has 0 aliphatic carbocycles. The van der Waals surface area contributed by atoms with Crippen LogP contribution in [0.5, 0.6) is 5.75 Å². The maximum atomic E-state index is 11.7. The van der Waals surface area contributed by atoms with Gasteiger partial charge < -0.3 is 19.3 Å². The highest BCUT2D eigenvalue weighted by molar-refractivity contribution is 5.41. The van der Waals surface area contributed by atoms with Crippen molar-refractivity contribution in [2.45, 2.75) is 18.6 Å². The van der Waals surface area contributed by atoms with Crippen molar-refractivity contribution in [1.29, 1.82) is 0 Å². The number of rotatable bonds is 10. The molecule has 4 aromatic rings. The van der Waals surface area contributed by atoms with E-state index in [1.165, 1.54) is 4.90 Å². The highest BCUT2D eigenvalue weighted by Gasteiger charge is 2.38. The summed E-state index contributed by atoms with van der Waals surface area (Å²) in [6.45, 7) is 2.11. The van der Waals surface area contributed by atoms with Crippen molar-refractivity contribution < 1.29 is 19.3 Å². The van der Waals surface area contributed by atoms with Crippen molar-refractivity contribution in [3.63, 3.8) is 0 Å². The maximum Gasteiger partial charge on any atom is 0.281 e. The van der Waals surface area contributed by atoms with Gasteiger partial charge >= 0.3 is 0 Å². The number of para-hydroxylation sites is 1. The molecule has 0 spiro atoms. The predicted octanol–water partition coefficient (Wildman–Crippen LogP) is 2.84. The van der Waals surface area contributed by atoms with Gasteiger partial charge in [0.1, 0.15) is 5.75 Å². The van der Waals surface area contributed by atoms with E-state index in [9.17, 15) is 5.11 Å². The molecule has 0 saturated heterocycles. The summed E-state index contributed by atoms with van der Waals surface area (Å²) in [6, 6.07) is 28.7. The van der Waals surface area contributed by atoms with Crippen LogP contribution in [-0.4, -0.2) is 35.4 Å². The largest absolute Gasteiger partial charge is 0.493 e. The number of nitrogens with one attached hydrogen (secondary N) is 1. The number of quaternary nitrogens is 1. The molecule has 0 aliphatic heterocycles. The number of nitrogens with zero attached hydrogens (tertiary/aromatic N) is 2. The zero-order valence-electron chi connectivity index (χ0n) is 18.1. The van der Waals surface area contributed by atoms with E-state index >= 15 is 0 Å². The van der Waals surface area contributed by atoms with Crippen molar-refractivity contribution >= 4 is 0 Å². The molecule has 1 aromatic heterocycles. The van der Waals surface area contributed by atoms with Gasteiger partial charge in [-0.3, -0.25) is 0 Å². The molecule has 32 heavy (non-hydrogen) atoms. The van der Waals surface area contributed by atoms with Gasteiger partial charge in [-0.15, -0.1) is 0 Å². The van der Waals surface area contributed by atoms with Gasteiger partial charge in [0.05, 0.1) is 20.2 Å². The van der Waals surface area contributed by atoms with E-state index in [1.54, 1.807) is 0 Å². The van der Waals surface area contributed by atoms with E-state index in [1.807, 2.05) is 91.0 Å². The van der Waals surface area contributed by atoms with E-state index in [-0.39, 0.29) is 5.82 Å². The fourth-order valence-corrected chi connectivity index (χ4v) is 3.68. The molecule has 6 nitrogen and oxygen atoms in total. The van der Waals surface area contributed by atoms with Crippen LogP contribution in [0.15, 0.2) is 95.5 Å². The molecule has 1 atom stereocenters. The second kappa shape index (κ2) is 10.2. The van der Waals surface area contributed by atoms with E-state index < -0.39 is 5.60 Å². The number of aromatic nitrogens is 2. The lowest BCUT2D eigenvalue weighted by Crippen LogP contribution is -3.07. The van der Waals surface area contributed by atoms with Crippen molar-refractivity contribution in [1.82, 2.24) is 10.1 Å². The summed E-state index contributed by atoms with van der Waals surface area (Å²) in [4.78, 5) is 5.79. The first-order chi connectivity index (χ1) is 15.7. The summed E-state index contributed by atoms with van der Waals surface area (Å²) in [6.07, 6.45) is 0.902. The van der Waals surface area contributed by atoms with Crippen molar-refractivity contribution in [3.05, 3.63) is 114 Å². The second-order valence-electron chi connectivity index (χ2n) is 7.85. The van der Waals surface area contributed by atoms with Gasteiger partial charge in [-0.2, -0.15) is 4.98 Å². The average Bonchev–Trinajstić information content (AvgIpc) is 3.32. The summed E-state index contributed by atoms with van der Waals surface area (Å²) < 4.78 is 11.3. The van der Waals surface area contributed by atoms with Gasteiger partial charge in [0.15, 0.2) is 12.1 Å². The van der Waals surface area contributed by atoms with E-state index in [4.69, 9.17) is 9.26 Å². The molecular formula is C26H28N3O3+. The molecule has 0 fully saturated rings. The number of hydrogen-bond donors (Lipinski definition) is 2. The smallest absolute Gasteiger partial charge is 0.281 e. The minimum atomic E-state index is -1.48. The van der Waals surface area contributed by atoms with Crippen LogP contribution in [0.3, 0.4) is 0 Å². The molecule has 0 amide bonds. The Kier molecular flexibility index (Phi) is 6.94. The molecule has 1 heterocycles. The van der Waals surface area contributed by atoms with Crippen molar-refractivity contribution in [2.24, 2.45) is 0 Å². The topological polar surface area (TPSA) is 72.8 Å². The monoisotopic (exact) mass is 430 g/mol. The molecule has 1 unspecified atom stereocenters. The molecule has 0 radical (unpaired) electrons. The summed E-state index contributed by atoms with van der Waals surface area (Å²) in [5.74, 6) is 1.62. The number of aliphatic hydroxyl groups is 1. The second-order valence-corrected chi connectivity index (χ2v) is 7.85. The zero-order valence-corrected chi connectivity index (χ0v) is 18.1. The summed E-state index contributed by atoms with van der Waals surface area (Å²) in [5, 5.41) is 15.9. The van der Waals surface area contributed by atoms with E-state index in [0.29, 0.717) is 30.2 Å². The Balaban J connectivity index is 1.42. The molecular weight excluding hydrogens is 402 g/mol. The first-order valence-corrected chi connectivity index (χ1v) is 10.8. The third-order valence-electron chi connectivity index (χ3n) is 5.39. The first kappa shape index (κ1) is 21.7. The average molecular weight is 431 g/mol. The van der Waals surface area contributed by atoms with Crippen LogP contribution < -0.4 is 9.64 Å². The zero-order chi connectivity index (χ0) is 22.2. The highest BCUT2D eigenvalue weighted by Crippen LogP contribution is 2.34. The van der Waals surface area contributed by atoms with Gasteiger partial charge in [0, 0.05) is 6.42 Å². The van der Waals surface area contributed by atoms with E-state index in [0.717, 1.165) is 18.7 Å². The normalized spacial score (nSPS) is 12.4. The van der Waals surface area contributed by atoms with Crippen LogP contribution in [-0.2, 0) is 12.1 Å². The summed E-state index contributed by atoms with van der Waals surface area (Å²) in [5.41, 5.74) is -0.101. The third kappa shape index (κ3) is 5.04. The number of hydrogen-bond acceptors (Lipinski definition) is 5. The SMILES string of the molecule is C[NH+](CCCOc1ccccc1)Cc1nc(C(O)(c2ccccc2)c2ccccc2)no1. The fraction of sp³-hybridized carbons (Fsp3) is 0.231. The van der Waals surface area contributed by atoms with Gasteiger partial charge in [-0.05, 0) is 23.3 Å². The lowest BCUT2D eigenvalue weighted by atomic mass is 9.85. The maximum absolute atomic E-state index is 11.7.